The van der Waals surface area contributed by atoms with E-state index >= 15 is 0 Å². The normalized spacial score (nSPS) is 49.1. The number of ketones is 1. The molecule has 18 heavy (non-hydrogen) atoms. The Morgan fingerprint density at radius 2 is 1.22 bits per heavy atom. The minimum absolute atomic E-state index is 0.616. The minimum atomic E-state index is 0.616. The first-order valence-corrected chi connectivity index (χ1v) is 8.29. The van der Waals surface area contributed by atoms with Crippen molar-refractivity contribution in [2.45, 2.75) is 64.2 Å². The molecule has 0 aromatic rings. The van der Waals surface area contributed by atoms with Gasteiger partial charge in [-0.05, 0) is 74.0 Å². The van der Waals surface area contributed by atoms with E-state index in [1.54, 1.807) is 0 Å². The van der Waals surface area contributed by atoms with Gasteiger partial charge in [0.2, 0.25) is 0 Å². The number of rotatable bonds is 4. The van der Waals surface area contributed by atoms with Gasteiger partial charge in [0.15, 0.2) is 0 Å². The van der Waals surface area contributed by atoms with Gasteiger partial charge in [0, 0.05) is 12.8 Å². The molecular formula is C17H26O. The van der Waals surface area contributed by atoms with Crippen LogP contribution in [0, 0.1) is 35.5 Å². The van der Waals surface area contributed by atoms with Crippen LogP contribution in [0.2, 0.25) is 0 Å². The number of hydrogen-bond donors (Lipinski definition) is 0. The molecule has 6 unspecified atom stereocenters. The first-order chi connectivity index (χ1) is 8.78. The maximum atomic E-state index is 12.3. The van der Waals surface area contributed by atoms with Gasteiger partial charge in [-0.3, -0.25) is 4.79 Å². The second-order valence-electron chi connectivity index (χ2n) is 7.82. The first kappa shape index (κ1) is 11.5. The molecule has 4 rings (SSSR count). The molecular weight excluding hydrogens is 220 g/mol. The van der Waals surface area contributed by atoms with Gasteiger partial charge in [0.25, 0.3) is 0 Å². The second-order valence-corrected chi connectivity index (χ2v) is 7.82. The van der Waals surface area contributed by atoms with Gasteiger partial charge in [0.1, 0.15) is 5.78 Å². The van der Waals surface area contributed by atoms with Crippen LogP contribution in [0.25, 0.3) is 0 Å². The van der Waals surface area contributed by atoms with Gasteiger partial charge in [-0.1, -0.05) is 12.8 Å². The Morgan fingerprint density at radius 1 is 0.722 bits per heavy atom. The highest BCUT2D eigenvalue weighted by atomic mass is 16.1. The number of Topliss-reactive ketones (excluding diaryl/α,β-unsaturated/α-hetero) is 1. The smallest absolute Gasteiger partial charge is 0.133 e. The van der Waals surface area contributed by atoms with Crippen molar-refractivity contribution in [3.05, 3.63) is 0 Å². The zero-order valence-electron chi connectivity index (χ0n) is 11.4. The van der Waals surface area contributed by atoms with Crippen molar-refractivity contribution < 1.29 is 4.79 Å². The van der Waals surface area contributed by atoms with Crippen LogP contribution < -0.4 is 0 Å². The quantitative estimate of drug-likeness (QED) is 0.726. The molecule has 4 aliphatic carbocycles. The van der Waals surface area contributed by atoms with Crippen LogP contribution in [0.3, 0.4) is 0 Å². The number of fused-ring (bicyclic) bond motifs is 4. The molecule has 4 fully saturated rings. The molecule has 0 heterocycles. The summed E-state index contributed by atoms with van der Waals surface area (Å²) in [7, 11) is 0. The van der Waals surface area contributed by atoms with Crippen molar-refractivity contribution in [3.63, 3.8) is 0 Å². The first-order valence-electron chi connectivity index (χ1n) is 8.29. The van der Waals surface area contributed by atoms with Crippen molar-refractivity contribution in [1.82, 2.24) is 0 Å². The summed E-state index contributed by atoms with van der Waals surface area (Å²) in [4.78, 5) is 12.3. The Bertz CT molecular complexity index is 316. The van der Waals surface area contributed by atoms with E-state index in [0.29, 0.717) is 5.78 Å². The zero-order chi connectivity index (χ0) is 12.1. The summed E-state index contributed by atoms with van der Waals surface area (Å²) in [5, 5.41) is 0. The Balaban J connectivity index is 1.29. The fourth-order valence-electron chi connectivity index (χ4n) is 5.92. The topological polar surface area (TPSA) is 17.1 Å². The lowest BCUT2D eigenvalue weighted by molar-refractivity contribution is -0.121. The second kappa shape index (κ2) is 4.35. The molecule has 4 bridgehead atoms. The van der Waals surface area contributed by atoms with Crippen molar-refractivity contribution in [2.75, 3.05) is 0 Å². The lowest BCUT2D eigenvalue weighted by atomic mass is 9.81. The van der Waals surface area contributed by atoms with Crippen LogP contribution >= 0.6 is 0 Å². The van der Waals surface area contributed by atoms with Gasteiger partial charge in [-0.25, -0.2) is 0 Å². The molecule has 100 valence electrons. The molecule has 0 radical (unpaired) electrons. The highest BCUT2D eigenvalue weighted by molar-refractivity contribution is 5.79. The van der Waals surface area contributed by atoms with Gasteiger partial charge < -0.3 is 0 Å². The van der Waals surface area contributed by atoms with E-state index in [9.17, 15) is 4.79 Å². The van der Waals surface area contributed by atoms with Crippen molar-refractivity contribution in [1.29, 1.82) is 0 Å². The summed E-state index contributed by atoms with van der Waals surface area (Å²) in [6.45, 7) is 0. The molecule has 0 aromatic carbocycles. The maximum Gasteiger partial charge on any atom is 0.133 e. The van der Waals surface area contributed by atoms with Gasteiger partial charge in [-0.2, -0.15) is 0 Å². The molecule has 6 atom stereocenters. The van der Waals surface area contributed by atoms with E-state index in [4.69, 9.17) is 0 Å². The van der Waals surface area contributed by atoms with E-state index in [1.165, 1.54) is 51.4 Å². The number of carbonyl (C=O) groups is 1. The van der Waals surface area contributed by atoms with Crippen molar-refractivity contribution >= 4 is 5.78 Å². The number of hydrogen-bond acceptors (Lipinski definition) is 1. The van der Waals surface area contributed by atoms with Crippen LogP contribution in [-0.4, -0.2) is 5.78 Å². The predicted molar refractivity (Wildman–Crippen MR) is 72.1 cm³/mol. The summed E-state index contributed by atoms with van der Waals surface area (Å²) in [5.74, 6) is 6.04. The Morgan fingerprint density at radius 3 is 1.56 bits per heavy atom. The molecule has 0 aliphatic heterocycles. The summed E-state index contributed by atoms with van der Waals surface area (Å²) in [5.41, 5.74) is 0. The molecule has 1 nitrogen and oxygen atoms in total. The summed E-state index contributed by atoms with van der Waals surface area (Å²) >= 11 is 0. The van der Waals surface area contributed by atoms with Crippen molar-refractivity contribution in [2.24, 2.45) is 35.5 Å². The molecule has 0 N–H and O–H groups in total. The molecule has 1 heteroatoms. The highest BCUT2D eigenvalue weighted by Gasteiger charge is 2.42. The van der Waals surface area contributed by atoms with Crippen LogP contribution in [0.5, 0.6) is 0 Å². The molecule has 4 saturated carbocycles. The molecule has 0 spiro atoms. The third-order valence-electron chi connectivity index (χ3n) is 6.75. The van der Waals surface area contributed by atoms with E-state index in [1.807, 2.05) is 0 Å². The van der Waals surface area contributed by atoms with Crippen LogP contribution in [0.15, 0.2) is 0 Å². The molecule has 0 amide bonds. The summed E-state index contributed by atoms with van der Waals surface area (Å²) in [6, 6.07) is 0. The zero-order valence-corrected chi connectivity index (χ0v) is 11.4. The SMILES string of the molecule is O=C(CC1CC2CCC1C2)CC1CC2CCC1C2. The van der Waals surface area contributed by atoms with Gasteiger partial charge >= 0.3 is 0 Å². The largest absolute Gasteiger partial charge is 0.300 e. The fourth-order valence-corrected chi connectivity index (χ4v) is 5.92. The van der Waals surface area contributed by atoms with Crippen LogP contribution in [0.1, 0.15) is 64.2 Å². The molecule has 0 aromatic heterocycles. The lowest BCUT2D eigenvalue weighted by Gasteiger charge is -2.24. The Hall–Kier alpha value is -0.330. The fraction of sp³-hybridized carbons (Fsp3) is 0.941. The summed E-state index contributed by atoms with van der Waals surface area (Å²) in [6.07, 6.45) is 13.3. The van der Waals surface area contributed by atoms with Gasteiger partial charge in [-0.15, -0.1) is 0 Å². The van der Waals surface area contributed by atoms with E-state index in [0.717, 1.165) is 48.3 Å². The third kappa shape index (κ3) is 1.94. The average molecular weight is 246 g/mol. The van der Waals surface area contributed by atoms with Gasteiger partial charge in [0.05, 0.1) is 0 Å². The third-order valence-corrected chi connectivity index (χ3v) is 6.75. The van der Waals surface area contributed by atoms with Crippen LogP contribution in [-0.2, 0) is 4.79 Å². The minimum Gasteiger partial charge on any atom is -0.300 e. The molecule has 0 saturated heterocycles. The predicted octanol–water partition coefficient (Wildman–Crippen LogP) is 4.21. The van der Waals surface area contributed by atoms with Crippen LogP contribution in [0.4, 0.5) is 0 Å². The monoisotopic (exact) mass is 246 g/mol. The average Bonchev–Trinajstić information content (AvgIpc) is 3.08. The lowest BCUT2D eigenvalue weighted by Crippen LogP contribution is -2.19. The van der Waals surface area contributed by atoms with E-state index < -0.39 is 0 Å². The van der Waals surface area contributed by atoms with Crippen molar-refractivity contribution in [3.8, 4) is 0 Å². The Labute approximate surface area is 111 Å². The summed E-state index contributed by atoms with van der Waals surface area (Å²) < 4.78 is 0. The highest BCUT2D eigenvalue weighted by Crippen LogP contribution is 2.51. The standard InChI is InChI=1S/C17H26O/c18-17(9-15-7-11-1-3-13(15)5-11)10-16-8-12-2-4-14(16)6-12/h11-16H,1-10H2. The maximum absolute atomic E-state index is 12.3. The van der Waals surface area contributed by atoms with E-state index in [2.05, 4.69) is 0 Å². The number of carbonyl (C=O) groups excluding carboxylic acids is 1. The Kier molecular flexibility index (Phi) is 2.78. The molecule has 4 aliphatic rings. The van der Waals surface area contributed by atoms with E-state index in [-0.39, 0.29) is 0 Å².